The van der Waals surface area contributed by atoms with Gasteiger partial charge in [0.2, 0.25) is 0 Å². The summed E-state index contributed by atoms with van der Waals surface area (Å²) in [6.45, 7) is 0. The number of alkyl halides is 2. The van der Waals surface area contributed by atoms with Crippen LogP contribution >= 0.6 is 11.6 Å². The van der Waals surface area contributed by atoms with Gasteiger partial charge in [-0.2, -0.15) is 0 Å². The normalized spacial score (nSPS) is 22.2. The van der Waals surface area contributed by atoms with Gasteiger partial charge in [0.1, 0.15) is 5.82 Å². The van der Waals surface area contributed by atoms with Crippen LogP contribution in [0.5, 0.6) is 0 Å². The molecule has 0 spiro atoms. The van der Waals surface area contributed by atoms with E-state index in [1.54, 1.807) is 0 Å². The average Bonchev–Trinajstić information content (AvgIpc) is 1.98. The first-order valence-electron chi connectivity index (χ1n) is 4.45. The van der Waals surface area contributed by atoms with Crippen molar-refractivity contribution in [3.8, 4) is 0 Å². The first kappa shape index (κ1) is 10.8. The Balaban J connectivity index is 2.32. The van der Waals surface area contributed by atoms with Gasteiger partial charge in [-0.15, -0.1) is 0 Å². The fraction of sp³-hybridized carbons (Fsp3) is 0.400. The topological polar surface area (TPSA) is 26.0 Å². The highest BCUT2D eigenvalue weighted by molar-refractivity contribution is 6.30. The Hall–Kier alpha value is -0.740. The van der Waals surface area contributed by atoms with E-state index in [0.717, 1.165) is 6.07 Å². The summed E-state index contributed by atoms with van der Waals surface area (Å²) in [5.74, 6) is -3.40. The lowest BCUT2D eigenvalue weighted by molar-refractivity contribution is -0.125. The second-order valence-corrected chi connectivity index (χ2v) is 4.43. The Morgan fingerprint density at radius 2 is 1.87 bits per heavy atom. The van der Waals surface area contributed by atoms with Crippen molar-refractivity contribution in [1.82, 2.24) is 0 Å². The van der Waals surface area contributed by atoms with Gasteiger partial charge < -0.3 is 5.73 Å². The van der Waals surface area contributed by atoms with Gasteiger partial charge in [-0.05, 0) is 12.1 Å². The van der Waals surface area contributed by atoms with Gasteiger partial charge in [0.25, 0.3) is 5.92 Å². The Morgan fingerprint density at radius 3 is 2.33 bits per heavy atom. The molecule has 1 nitrogen and oxygen atoms in total. The van der Waals surface area contributed by atoms with Crippen molar-refractivity contribution >= 4 is 11.6 Å². The van der Waals surface area contributed by atoms with Crippen molar-refractivity contribution in [2.75, 3.05) is 0 Å². The number of hydrogen-bond donors (Lipinski definition) is 1. The van der Waals surface area contributed by atoms with Crippen LogP contribution in [0.2, 0.25) is 5.02 Å². The lowest BCUT2D eigenvalue weighted by atomic mass is 9.69. The van der Waals surface area contributed by atoms with Gasteiger partial charge in [0, 0.05) is 23.4 Å². The van der Waals surface area contributed by atoms with E-state index in [0.29, 0.717) is 0 Å². The number of halogens is 4. The minimum Gasteiger partial charge on any atom is -0.321 e. The molecule has 1 aliphatic carbocycles. The summed E-state index contributed by atoms with van der Waals surface area (Å²) in [6.07, 6.45) is -1.03. The molecule has 0 radical (unpaired) electrons. The molecule has 0 bridgehead atoms. The zero-order valence-corrected chi connectivity index (χ0v) is 8.49. The molecule has 5 heteroatoms. The predicted molar refractivity (Wildman–Crippen MR) is 51.5 cm³/mol. The molecule has 1 fully saturated rings. The number of nitrogens with two attached hydrogens (primary N) is 1. The molecule has 0 heterocycles. The zero-order chi connectivity index (χ0) is 11.3. The van der Waals surface area contributed by atoms with Crippen molar-refractivity contribution in [2.45, 2.75) is 24.3 Å². The van der Waals surface area contributed by atoms with E-state index in [4.69, 9.17) is 17.3 Å². The third-order valence-corrected chi connectivity index (χ3v) is 2.85. The number of benzene rings is 1. The smallest absolute Gasteiger partial charge is 0.252 e. The maximum atomic E-state index is 13.4. The predicted octanol–water partition coefficient (Wildman–Crippen LogP) is 3.06. The maximum Gasteiger partial charge on any atom is 0.252 e. The average molecular weight is 236 g/mol. The van der Waals surface area contributed by atoms with E-state index >= 15 is 0 Å². The molecule has 0 aromatic heterocycles. The summed E-state index contributed by atoms with van der Waals surface area (Å²) in [5, 5.41) is 0.228. The fourth-order valence-corrected chi connectivity index (χ4v) is 2.11. The number of hydrogen-bond acceptors (Lipinski definition) is 1. The summed E-state index contributed by atoms with van der Waals surface area (Å²) in [4.78, 5) is 0. The third kappa shape index (κ3) is 1.84. The monoisotopic (exact) mass is 235 g/mol. The lowest BCUT2D eigenvalue weighted by Gasteiger charge is -2.44. The van der Waals surface area contributed by atoms with E-state index in [-0.39, 0.29) is 10.6 Å². The van der Waals surface area contributed by atoms with Gasteiger partial charge in [-0.1, -0.05) is 17.7 Å². The summed E-state index contributed by atoms with van der Waals surface area (Å²) in [7, 11) is 0. The van der Waals surface area contributed by atoms with E-state index in [1.165, 1.54) is 12.1 Å². The molecule has 15 heavy (non-hydrogen) atoms. The Labute approximate surface area is 90.0 Å². The highest BCUT2D eigenvalue weighted by atomic mass is 35.5. The van der Waals surface area contributed by atoms with Crippen LogP contribution in [-0.2, 0) is 5.54 Å². The second kappa shape index (κ2) is 3.12. The molecule has 0 saturated heterocycles. The van der Waals surface area contributed by atoms with Crippen molar-refractivity contribution in [3.05, 3.63) is 34.6 Å². The summed E-state index contributed by atoms with van der Waals surface area (Å²) < 4.78 is 38.8. The molecule has 1 aliphatic rings. The summed E-state index contributed by atoms with van der Waals surface area (Å²) in [5.41, 5.74) is 4.54. The lowest BCUT2D eigenvalue weighted by Crippen LogP contribution is -2.55. The molecule has 82 valence electrons. The highest BCUT2D eigenvalue weighted by Gasteiger charge is 2.56. The first-order valence-corrected chi connectivity index (χ1v) is 4.82. The van der Waals surface area contributed by atoms with Crippen LogP contribution in [0.3, 0.4) is 0 Å². The van der Waals surface area contributed by atoms with Crippen LogP contribution in [0.15, 0.2) is 18.2 Å². The molecular formula is C10H9ClF3N. The van der Waals surface area contributed by atoms with Crippen LogP contribution < -0.4 is 5.73 Å². The minimum absolute atomic E-state index is 0.109. The highest BCUT2D eigenvalue weighted by Crippen LogP contribution is 2.50. The molecule has 0 unspecified atom stereocenters. The zero-order valence-electron chi connectivity index (χ0n) is 7.74. The molecule has 2 N–H and O–H groups in total. The number of rotatable bonds is 1. The fourth-order valence-electron chi connectivity index (χ4n) is 1.95. The van der Waals surface area contributed by atoms with Crippen molar-refractivity contribution in [1.29, 1.82) is 0 Å². The third-order valence-electron chi connectivity index (χ3n) is 2.62. The Kier molecular flexibility index (Phi) is 2.24. The van der Waals surface area contributed by atoms with E-state index in [2.05, 4.69) is 0 Å². The Morgan fingerprint density at radius 1 is 1.27 bits per heavy atom. The quantitative estimate of drug-likeness (QED) is 0.796. The minimum atomic E-state index is -2.78. The van der Waals surface area contributed by atoms with Gasteiger partial charge in [-0.25, -0.2) is 13.2 Å². The van der Waals surface area contributed by atoms with Gasteiger partial charge in [-0.3, -0.25) is 0 Å². The van der Waals surface area contributed by atoms with Crippen molar-refractivity contribution in [2.24, 2.45) is 5.73 Å². The molecule has 1 aromatic carbocycles. The van der Waals surface area contributed by atoms with E-state index in [1.807, 2.05) is 0 Å². The van der Waals surface area contributed by atoms with E-state index in [9.17, 15) is 13.2 Å². The van der Waals surface area contributed by atoms with Crippen molar-refractivity contribution in [3.63, 3.8) is 0 Å². The largest absolute Gasteiger partial charge is 0.321 e. The molecule has 0 atom stereocenters. The van der Waals surface area contributed by atoms with Crippen LogP contribution in [0.4, 0.5) is 13.2 Å². The van der Waals surface area contributed by atoms with Gasteiger partial charge in [0.05, 0.1) is 5.54 Å². The summed E-state index contributed by atoms with van der Waals surface area (Å²) >= 11 is 5.56. The first-order chi connectivity index (χ1) is 6.82. The molecular weight excluding hydrogens is 227 g/mol. The van der Waals surface area contributed by atoms with Crippen LogP contribution in [0, 0.1) is 5.82 Å². The standard InChI is InChI=1S/C10H9ClF3N/c11-6-1-2-7(8(12)3-6)9(15)4-10(13,14)5-9/h1-3H,4-5,15H2. The molecule has 1 saturated carbocycles. The molecule has 0 amide bonds. The van der Waals surface area contributed by atoms with Gasteiger partial charge in [0.15, 0.2) is 0 Å². The van der Waals surface area contributed by atoms with Crippen LogP contribution in [0.25, 0.3) is 0 Å². The van der Waals surface area contributed by atoms with Gasteiger partial charge >= 0.3 is 0 Å². The molecule has 2 rings (SSSR count). The van der Waals surface area contributed by atoms with Crippen LogP contribution in [-0.4, -0.2) is 5.92 Å². The SMILES string of the molecule is NC1(c2ccc(Cl)cc2F)CC(F)(F)C1. The van der Waals surface area contributed by atoms with Crippen molar-refractivity contribution < 1.29 is 13.2 Å². The van der Waals surface area contributed by atoms with Crippen LogP contribution in [0.1, 0.15) is 18.4 Å². The Bertz CT molecular complexity index is 398. The van der Waals surface area contributed by atoms with E-state index < -0.39 is 30.1 Å². The second-order valence-electron chi connectivity index (χ2n) is 3.99. The maximum absolute atomic E-state index is 13.4. The molecule has 0 aliphatic heterocycles. The summed E-state index contributed by atoms with van der Waals surface area (Å²) in [6, 6.07) is 3.90. The molecule has 1 aromatic rings.